The van der Waals surface area contributed by atoms with Crippen LogP contribution < -0.4 is 5.32 Å². The molecule has 1 aliphatic rings. The number of hydrogen-bond acceptors (Lipinski definition) is 5. The molecule has 4 nitrogen and oxygen atoms in total. The second-order valence-electron chi connectivity index (χ2n) is 5.37. The van der Waals surface area contributed by atoms with Crippen LogP contribution in [0.15, 0.2) is 33.7 Å². The van der Waals surface area contributed by atoms with Crippen molar-refractivity contribution in [3.05, 3.63) is 41.0 Å². The van der Waals surface area contributed by atoms with Gasteiger partial charge in [0.2, 0.25) is 5.89 Å². The molecule has 2 unspecified atom stereocenters. The Balaban J connectivity index is 1.60. The quantitative estimate of drug-likeness (QED) is 0.866. The van der Waals surface area contributed by atoms with Gasteiger partial charge in [-0.3, -0.25) is 0 Å². The molecule has 0 radical (unpaired) electrons. The molecule has 1 N–H and O–H groups in total. The van der Waals surface area contributed by atoms with Crippen LogP contribution in [0.4, 0.5) is 0 Å². The molecule has 2 atom stereocenters. The average Bonchev–Trinajstić information content (AvgIpc) is 2.94. The molecule has 1 fully saturated rings. The summed E-state index contributed by atoms with van der Waals surface area (Å²) in [6, 6.07) is 8.31. The molecule has 6 heteroatoms. The fourth-order valence-corrected chi connectivity index (χ4v) is 3.61. The van der Waals surface area contributed by atoms with Gasteiger partial charge in [-0.25, -0.2) is 0 Å². The maximum Gasteiger partial charge on any atom is 0.229 e. The fourth-order valence-electron chi connectivity index (χ4n) is 2.55. The Hall–Kier alpha value is -1.04. The topological polar surface area (TPSA) is 51.0 Å². The molecule has 3 rings (SSSR count). The van der Waals surface area contributed by atoms with E-state index < -0.39 is 0 Å². The number of rotatable bonds is 4. The molecular weight excluding hydrogens is 306 g/mol. The van der Waals surface area contributed by atoms with E-state index in [0.29, 0.717) is 17.7 Å². The van der Waals surface area contributed by atoms with E-state index in [2.05, 4.69) is 22.4 Å². The monoisotopic (exact) mass is 323 g/mol. The van der Waals surface area contributed by atoms with E-state index in [1.165, 1.54) is 0 Å². The van der Waals surface area contributed by atoms with E-state index >= 15 is 0 Å². The lowest BCUT2D eigenvalue weighted by Gasteiger charge is -2.25. The lowest BCUT2D eigenvalue weighted by atomic mass is 9.93. The van der Waals surface area contributed by atoms with E-state index in [4.69, 9.17) is 16.1 Å². The van der Waals surface area contributed by atoms with Gasteiger partial charge in [0.15, 0.2) is 5.82 Å². The molecule has 2 aromatic rings. The van der Waals surface area contributed by atoms with Crippen molar-refractivity contribution in [2.24, 2.45) is 0 Å². The second kappa shape index (κ2) is 6.81. The average molecular weight is 324 g/mol. The zero-order valence-corrected chi connectivity index (χ0v) is 13.5. The van der Waals surface area contributed by atoms with Crippen molar-refractivity contribution in [2.75, 3.05) is 6.54 Å². The lowest BCUT2D eigenvalue weighted by Crippen LogP contribution is -2.34. The molecule has 0 aliphatic carbocycles. The van der Waals surface area contributed by atoms with Gasteiger partial charge in [0.1, 0.15) is 0 Å². The molecular formula is C15H18ClN3OS. The highest BCUT2D eigenvalue weighted by molar-refractivity contribution is 7.98. The minimum absolute atomic E-state index is 0.388. The van der Waals surface area contributed by atoms with Gasteiger partial charge in [0, 0.05) is 21.9 Å². The summed E-state index contributed by atoms with van der Waals surface area (Å²) in [4.78, 5) is 5.66. The summed E-state index contributed by atoms with van der Waals surface area (Å²) < 4.78 is 5.44. The number of halogens is 1. The van der Waals surface area contributed by atoms with Gasteiger partial charge < -0.3 is 9.84 Å². The van der Waals surface area contributed by atoms with Crippen LogP contribution in [0, 0.1) is 0 Å². The summed E-state index contributed by atoms with van der Waals surface area (Å²) in [6.45, 7) is 3.21. The van der Waals surface area contributed by atoms with Crippen LogP contribution in [-0.2, 0) is 5.75 Å². The SMILES string of the molecule is CC1CC(c2nc(CSc3cccc(Cl)c3)no2)CCN1. The van der Waals surface area contributed by atoms with Crippen molar-refractivity contribution in [1.82, 2.24) is 15.5 Å². The first-order valence-corrected chi connectivity index (χ1v) is 8.51. The molecule has 1 aromatic carbocycles. The van der Waals surface area contributed by atoms with Crippen LogP contribution in [0.3, 0.4) is 0 Å². The van der Waals surface area contributed by atoms with Gasteiger partial charge in [-0.1, -0.05) is 22.8 Å². The van der Waals surface area contributed by atoms with Crippen molar-refractivity contribution in [2.45, 2.75) is 42.4 Å². The van der Waals surface area contributed by atoms with Gasteiger partial charge in [-0.15, -0.1) is 11.8 Å². The Morgan fingerprint density at radius 1 is 1.48 bits per heavy atom. The molecule has 1 saturated heterocycles. The number of hydrogen-bond donors (Lipinski definition) is 1. The minimum atomic E-state index is 0.388. The highest BCUT2D eigenvalue weighted by Gasteiger charge is 2.24. The smallest absolute Gasteiger partial charge is 0.229 e. The maximum absolute atomic E-state index is 5.98. The molecule has 0 amide bonds. The fraction of sp³-hybridized carbons (Fsp3) is 0.467. The Kier molecular flexibility index (Phi) is 4.83. The van der Waals surface area contributed by atoms with Crippen LogP contribution in [0.1, 0.15) is 37.4 Å². The van der Waals surface area contributed by atoms with Crippen LogP contribution in [0.25, 0.3) is 0 Å². The molecule has 112 valence electrons. The van der Waals surface area contributed by atoms with Crippen LogP contribution in [0.2, 0.25) is 5.02 Å². The summed E-state index contributed by atoms with van der Waals surface area (Å²) in [6.07, 6.45) is 2.12. The predicted molar refractivity (Wildman–Crippen MR) is 84.8 cm³/mol. The van der Waals surface area contributed by atoms with E-state index in [1.54, 1.807) is 11.8 Å². The van der Waals surface area contributed by atoms with Gasteiger partial charge in [-0.2, -0.15) is 4.98 Å². The Labute approximate surface area is 133 Å². The van der Waals surface area contributed by atoms with Crippen LogP contribution >= 0.6 is 23.4 Å². The van der Waals surface area contributed by atoms with Crippen molar-refractivity contribution < 1.29 is 4.52 Å². The summed E-state index contributed by atoms with van der Waals surface area (Å²) in [5.74, 6) is 2.62. The summed E-state index contributed by atoms with van der Waals surface area (Å²) in [5, 5.41) is 8.28. The van der Waals surface area contributed by atoms with Crippen LogP contribution in [-0.4, -0.2) is 22.7 Å². The zero-order valence-electron chi connectivity index (χ0n) is 11.9. The number of aromatic nitrogens is 2. The predicted octanol–water partition coefficient (Wildman–Crippen LogP) is 3.87. The van der Waals surface area contributed by atoms with Crippen molar-refractivity contribution in [3.8, 4) is 0 Å². The highest BCUT2D eigenvalue weighted by Crippen LogP contribution is 2.28. The van der Waals surface area contributed by atoms with E-state index in [9.17, 15) is 0 Å². The largest absolute Gasteiger partial charge is 0.339 e. The van der Waals surface area contributed by atoms with Crippen molar-refractivity contribution >= 4 is 23.4 Å². The second-order valence-corrected chi connectivity index (χ2v) is 6.86. The number of nitrogens with one attached hydrogen (secondary N) is 1. The lowest BCUT2D eigenvalue weighted by molar-refractivity contribution is 0.294. The third-order valence-electron chi connectivity index (χ3n) is 3.62. The Bertz CT molecular complexity index is 604. The molecule has 21 heavy (non-hydrogen) atoms. The van der Waals surface area contributed by atoms with Crippen molar-refractivity contribution in [1.29, 1.82) is 0 Å². The summed E-state index contributed by atoms with van der Waals surface area (Å²) in [5.41, 5.74) is 0. The normalized spacial score (nSPS) is 22.4. The first-order chi connectivity index (χ1) is 10.2. The third kappa shape index (κ3) is 3.99. The third-order valence-corrected chi connectivity index (χ3v) is 4.85. The Morgan fingerprint density at radius 2 is 2.38 bits per heavy atom. The van der Waals surface area contributed by atoms with Gasteiger partial charge in [0.05, 0.1) is 5.75 Å². The summed E-state index contributed by atoms with van der Waals surface area (Å²) in [7, 11) is 0. The van der Waals surface area contributed by atoms with Gasteiger partial charge >= 0.3 is 0 Å². The molecule has 2 heterocycles. The first-order valence-electron chi connectivity index (χ1n) is 7.15. The van der Waals surface area contributed by atoms with Gasteiger partial charge in [-0.05, 0) is 44.5 Å². The molecule has 1 aromatic heterocycles. The van der Waals surface area contributed by atoms with Crippen LogP contribution in [0.5, 0.6) is 0 Å². The van der Waals surface area contributed by atoms with E-state index in [0.717, 1.165) is 41.0 Å². The number of piperidine rings is 1. The molecule has 1 aliphatic heterocycles. The standard InChI is InChI=1S/C15H18ClN3OS/c1-10-7-11(5-6-17-10)15-18-14(19-20-15)9-21-13-4-2-3-12(16)8-13/h2-4,8,10-11,17H,5-7,9H2,1H3. The van der Waals surface area contributed by atoms with E-state index in [1.807, 2.05) is 24.3 Å². The van der Waals surface area contributed by atoms with E-state index in [-0.39, 0.29) is 0 Å². The number of nitrogens with zero attached hydrogens (tertiary/aromatic N) is 2. The number of benzene rings is 1. The zero-order chi connectivity index (χ0) is 14.7. The molecule has 0 saturated carbocycles. The summed E-state index contributed by atoms with van der Waals surface area (Å²) >= 11 is 7.64. The molecule has 0 bridgehead atoms. The molecule has 0 spiro atoms. The Morgan fingerprint density at radius 3 is 3.19 bits per heavy atom. The first kappa shape index (κ1) is 14.9. The minimum Gasteiger partial charge on any atom is -0.339 e. The van der Waals surface area contributed by atoms with Crippen molar-refractivity contribution in [3.63, 3.8) is 0 Å². The van der Waals surface area contributed by atoms with Gasteiger partial charge in [0.25, 0.3) is 0 Å². The highest BCUT2D eigenvalue weighted by atomic mass is 35.5. The number of thioether (sulfide) groups is 1. The maximum atomic E-state index is 5.98.